The summed E-state index contributed by atoms with van der Waals surface area (Å²) in [5.74, 6) is 0.429. The molecule has 0 radical (unpaired) electrons. The Morgan fingerprint density at radius 1 is 1.15 bits per heavy atom. The van der Waals surface area contributed by atoms with E-state index in [9.17, 15) is 9.59 Å². The Morgan fingerprint density at radius 3 is 2.30 bits per heavy atom. The Hall–Kier alpha value is -1.75. The van der Waals surface area contributed by atoms with Crippen molar-refractivity contribution < 1.29 is 14.3 Å². The Kier molecular flexibility index (Phi) is 4.49. The summed E-state index contributed by atoms with van der Waals surface area (Å²) in [5.41, 5.74) is 0.455. The maximum Gasteiger partial charge on any atom is 0.257 e. The van der Waals surface area contributed by atoms with E-state index >= 15 is 0 Å². The number of hydrogen-bond donors (Lipinski definition) is 0. The number of amides is 2. The van der Waals surface area contributed by atoms with Gasteiger partial charge in [0.15, 0.2) is 0 Å². The molecule has 5 nitrogen and oxygen atoms in total. The van der Waals surface area contributed by atoms with Crippen molar-refractivity contribution in [3.63, 3.8) is 0 Å². The third-order valence-electron chi connectivity index (χ3n) is 3.40. The van der Waals surface area contributed by atoms with Crippen LogP contribution in [0.3, 0.4) is 0 Å². The molecule has 1 fully saturated rings. The predicted molar refractivity (Wildman–Crippen MR) is 76.2 cm³/mol. The summed E-state index contributed by atoms with van der Waals surface area (Å²) < 4.78 is 5.20. The predicted octanol–water partition coefficient (Wildman–Crippen LogP) is 1.65. The first-order chi connectivity index (χ1) is 9.52. The lowest BCUT2D eigenvalue weighted by Gasteiger charge is -2.34. The molecule has 0 saturated carbocycles. The third kappa shape index (κ3) is 3.04. The summed E-state index contributed by atoms with van der Waals surface area (Å²) in [6.07, 6.45) is 0. The molecule has 2 amide bonds. The monoisotopic (exact) mass is 296 g/mol. The van der Waals surface area contributed by atoms with Gasteiger partial charge in [-0.15, -0.1) is 0 Å². The van der Waals surface area contributed by atoms with E-state index in [2.05, 4.69) is 0 Å². The molecule has 6 heteroatoms. The fourth-order valence-electron chi connectivity index (χ4n) is 2.24. The second kappa shape index (κ2) is 6.13. The number of rotatable bonds is 2. The van der Waals surface area contributed by atoms with E-state index in [0.29, 0.717) is 42.5 Å². The van der Waals surface area contributed by atoms with Crippen molar-refractivity contribution in [3.05, 3.63) is 28.8 Å². The van der Waals surface area contributed by atoms with Crippen molar-refractivity contribution in [3.8, 4) is 5.75 Å². The lowest BCUT2D eigenvalue weighted by Crippen LogP contribution is -2.50. The van der Waals surface area contributed by atoms with Gasteiger partial charge in [0.25, 0.3) is 5.91 Å². The van der Waals surface area contributed by atoms with E-state index in [0.717, 1.165) is 0 Å². The molecule has 0 bridgehead atoms. The average molecular weight is 297 g/mol. The molecule has 1 aliphatic rings. The quantitative estimate of drug-likeness (QED) is 0.834. The summed E-state index contributed by atoms with van der Waals surface area (Å²) in [6, 6.07) is 4.98. The van der Waals surface area contributed by atoms with Crippen LogP contribution in [0.5, 0.6) is 5.75 Å². The number of methoxy groups -OCH3 is 1. The zero-order chi connectivity index (χ0) is 14.7. The summed E-state index contributed by atoms with van der Waals surface area (Å²) in [6.45, 7) is 3.70. The molecule has 1 saturated heterocycles. The normalized spacial score (nSPS) is 15.2. The van der Waals surface area contributed by atoms with Crippen LogP contribution < -0.4 is 4.74 Å². The summed E-state index contributed by atoms with van der Waals surface area (Å²) in [5, 5.41) is 0.497. The van der Waals surface area contributed by atoms with Crippen LogP contribution in [0.2, 0.25) is 5.02 Å². The van der Waals surface area contributed by atoms with Crippen LogP contribution in [0.1, 0.15) is 17.3 Å². The Labute approximate surface area is 123 Å². The number of halogens is 1. The molecule has 0 N–H and O–H groups in total. The number of nitrogens with zero attached hydrogens (tertiary/aromatic N) is 2. The number of carbonyl (C=O) groups is 2. The molecule has 1 heterocycles. The molecular weight excluding hydrogens is 280 g/mol. The van der Waals surface area contributed by atoms with Crippen molar-refractivity contribution in [1.82, 2.24) is 9.80 Å². The highest BCUT2D eigenvalue weighted by Gasteiger charge is 2.25. The number of piperazine rings is 1. The fraction of sp³-hybridized carbons (Fsp3) is 0.429. The Bertz CT molecular complexity index is 525. The van der Waals surface area contributed by atoms with E-state index in [4.69, 9.17) is 16.3 Å². The third-order valence-corrected chi connectivity index (χ3v) is 3.64. The van der Waals surface area contributed by atoms with Gasteiger partial charge in [-0.25, -0.2) is 0 Å². The van der Waals surface area contributed by atoms with Crippen LogP contribution in [-0.4, -0.2) is 54.9 Å². The van der Waals surface area contributed by atoms with Gasteiger partial charge in [-0.1, -0.05) is 11.6 Å². The largest absolute Gasteiger partial charge is 0.496 e. The van der Waals surface area contributed by atoms with E-state index in [1.54, 1.807) is 28.0 Å². The standard InChI is InChI=1S/C14H17ClN2O3/c1-10(18)16-5-7-17(8-6-16)14(19)12-9-11(15)3-4-13(12)20-2/h3-4,9H,5-8H2,1-2H3. The summed E-state index contributed by atoms with van der Waals surface area (Å²) >= 11 is 5.94. The molecule has 0 spiro atoms. The molecule has 0 unspecified atom stereocenters. The van der Waals surface area contributed by atoms with Gasteiger partial charge in [-0.2, -0.15) is 0 Å². The number of ether oxygens (including phenoxy) is 1. The van der Waals surface area contributed by atoms with Crippen LogP contribution in [-0.2, 0) is 4.79 Å². The van der Waals surface area contributed by atoms with Crippen molar-refractivity contribution in [2.75, 3.05) is 33.3 Å². The zero-order valence-electron chi connectivity index (χ0n) is 11.6. The second-order valence-electron chi connectivity index (χ2n) is 4.64. The second-order valence-corrected chi connectivity index (χ2v) is 5.08. The zero-order valence-corrected chi connectivity index (χ0v) is 12.3. The van der Waals surface area contributed by atoms with Crippen molar-refractivity contribution in [2.45, 2.75) is 6.92 Å². The highest BCUT2D eigenvalue weighted by Crippen LogP contribution is 2.24. The van der Waals surface area contributed by atoms with Crippen LogP contribution in [0, 0.1) is 0 Å². The summed E-state index contributed by atoms with van der Waals surface area (Å²) in [7, 11) is 1.52. The van der Waals surface area contributed by atoms with Crippen LogP contribution in [0.25, 0.3) is 0 Å². The number of carbonyl (C=O) groups excluding carboxylic acids is 2. The molecule has 108 valence electrons. The molecule has 1 aromatic carbocycles. The molecular formula is C14H17ClN2O3. The maximum absolute atomic E-state index is 12.5. The molecule has 0 aliphatic carbocycles. The van der Waals surface area contributed by atoms with Gasteiger partial charge in [0.05, 0.1) is 12.7 Å². The number of hydrogen-bond acceptors (Lipinski definition) is 3. The fourth-order valence-corrected chi connectivity index (χ4v) is 2.41. The number of benzene rings is 1. The van der Waals surface area contributed by atoms with E-state index in [1.165, 1.54) is 14.0 Å². The highest BCUT2D eigenvalue weighted by molar-refractivity contribution is 6.31. The van der Waals surface area contributed by atoms with Crippen molar-refractivity contribution in [2.24, 2.45) is 0 Å². The Morgan fingerprint density at radius 2 is 1.75 bits per heavy atom. The smallest absolute Gasteiger partial charge is 0.257 e. The Balaban J connectivity index is 2.13. The topological polar surface area (TPSA) is 49.9 Å². The van der Waals surface area contributed by atoms with E-state index in [1.807, 2.05) is 0 Å². The van der Waals surface area contributed by atoms with Crippen molar-refractivity contribution in [1.29, 1.82) is 0 Å². The average Bonchev–Trinajstić information content (AvgIpc) is 2.46. The molecule has 20 heavy (non-hydrogen) atoms. The van der Waals surface area contributed by atoms with Gasteiger partial charge < -0.3 is 14.5 Å². The van der Waals surface area contributed by atoms with Gasteiger partial charge in [0.2, 0.25) is 5.91 Å². The highest BCUT2D eigenvalue weighted by atomic mass is 35.5. The lowest BCUT2D eigenvalue weighted by atomic mass is 10.1. The lowest BCUT2D eigenvalue weighted by molar-refractivity contribution is -0.130. The minimum atomic E-state index is -0.118. The van der Waals surface area contributed by atoms with Gasteiger partial charge in [0, 0.05) is 38.1 Å². The summed E-state index contributed by atoms with van der Waals surface area (Å²) in [4.78, 5) is 27.2. The molecule has 1 aromatic rings. The minimum Gasteiger partial charge on any atom is -0.496 e. The maximum atomic E-state index is 12.5. The van der Waals surface area contributed by atoms with Gasteiger partial charge in [-0.3, -0.25) is 9.59 Å². The van der Waals surface area contributed by atoms with E-state index < -0.39 is 0 Å². The molecule has 0 atom stereocenters. The van der Waals surface area contributed by atoms with Gasteiger partial charge in [-0.05, 0) is 18.2 Å². The molecule has 0 aromatic heterocycles. The minimum absolute atomic E-state index is 0.0393. The van der Waals surface area contributed by atoms with Crippen molar-refractivity contribution >= 4 is 23.4 Å². The van der Waals surface area contributed by atoms with Gasteiger partial charge >= 0.3 is 0 Å². The van der Waals surface area contributed by atoms with E-state index in [-0.39, 0.29) is 11.8 Å². The first kappa shape index (κ1) is 14.7. The van der Waals surface area contributed by atoms with Crippen LogP contribution in [0.15, 0.2) is 18.2 Å². The molecule has 2 rings (SSSR count). The van der Waals surface area contributed by atoms with Crippen LogP contribution in [0.4, 0.5) is 0 Å². The first-order valence-corrected chi connectivity index (χ1v) is 6.79. The van der Waals surface area contributed by atoms with Gasteiger partial charge in [0.1, 0.15) is 5.75 Å². The first-order valence-electron chi connectivity index (χ1n) is 6.41. The molecule has 1 aliphatic heterocycles. The SMILES string of the molecule is COc1ccc(Cl)cc1C(=O)N1CCN(C(C)=O)CC1. The van der Waals surface area contributed by atoms with Crippen LogP contribution >= 0.6 is 11.6 Å².